The normalized spacial score (nSPS) is 14.5. The van der Waals surface area contributed by atoms with Gasteiger partial charge in [-0.15, -0.1) is 0 Å². The van der Waals surface area contributed by atoms with Crippen LogP contribution in [-0.4, -0.2) is 29.3 Å². The van der Waals surface area contributed by atoms with Crippen LogP contribution < -0.4 is 10.6 Å². The fourth-order valence-electron chi connectivity index (χ4n) is 3.03. The minimum atomic E-state index is -0.632. The Labute approximate surface area is 208 Å². The van der Waals surface area contributed by atoms with Crippen LogP contribution in [0.1, 0.15) is 5.56 Å². The molecule has 0 unspecified atom stereocenters. The first-order valence-corrected chi connectivity index (χ1v) is 11.8. The summed E-state index contributed by atoms with van der Waals surface area (Å²) >= 11 is 10.8. The zero-order valence-electron chi connectivity index (χ0n) is 17.0. The number of benzene rings is 3. The summed E-state index contributed by atoms with van der Waals surface area (Å²) in [5.74, 6) is -1.02. The van der Waals surface area contributed by atoms with Crippen LogP contribution >= 0.6 is 39.3 Å². The number of urea groups is 1. The SMILES string of the molecule is O=C(CN1C(=O)N/C(=C\c2ccc(Sc3ccc(Cl)cc3)cc2)C1=O)Nc1ccc(Br)cc1. The molecule has 0 aliphatic carbocycles. The first kappa shape index (κ1) is 23.1. The number of carbonyl (C=O) groups excluding carboxylic acids is 3. The molecule has 0 aromatic heterocycles. The van der Waals surface area contributed by atoms with Gasteiger partial charge in [-0.1, -0.05) is 51.4 Å². The van der Waals surface area contributed by atoms with Gasteiger partial charge in [-0.2, -0.15) is 0 Å². The van der Waals surface area contributed by atoms with E-state index in [-0.39, 0.29) is 12.2 Å². The average Bonchev–Trinajstić information content (AvgIpc) is 3.05. The third-order valence-corrected chi connectivity index (χ3v) is 6.43. The van der Waals surface area contributed by atoms with Crippen LogP contribution in [0.3, 0.4) is 0 Å². The highest BCUT2D eigenvalue weighted by Crippen LogP contribution is 2.29. The third-order valence-electron chi connectivity index (χ3n) is 4.63. The molecule has 1 heterocycles. The van der Waals surface area contributed by atoms with Crippen molar-refractivity contribution in [3.8, 4) is 0 Å². The van der Waals surface area contributed by atoms with Crippen LogP contribution in [0.5, 0.6) is 0 Å². The smallest absolute Gasteiger partial charge is 0.325 e. The molecular weight excluding hydrogens is 526 g/mol. The summed E-state index contributed by atoms with van der Waals surface area (Å²) in [6.45, 7) is -0.380. The second kappa shape index (κ2) is 10.2. The Morgan fingerprint density at radius 3 is 2.21 bits per heavy atom. The average molecular weight is 543 g/mol. The predicted octanol–water partition coefficient (Wildman–Crippen LogP) is 5.79. The van der Waals surface area contributed by atoms with Gasteiger partial charge in [-0.05, 0) is 72.3 Å². The van der Waals surface area contributed by atoms with Crippen molar-refractivity contribution in [2.24, 2.45) is 0 Å². The van der Waals surface area contributed by atoms with Gasteiger partial charge in [0.2, 0.25) is 5.91 Å². The summed E-state index contributed by atoms with van der Waals surface area (Å²) in [7, 11) is 0. The first-order chi connectivity index (χ1) is 15.9. The van der Waals surface area contributed by atoms with Gasteiger partial charge in [0.15, 0.2) is 0 Å². The number of nitrogens with zero attached hydrogens (tertiary/aromatic N) is 1. The van der Waals surface area contributed by atoms with E-state index in [4.69, 9.17) is 11.6 Å². The highest BCUT2D eigenvalue weighted by Gasteiger charge is 2.34. The molecule has 0 atom stereocenters. The van der Waals surface area contributed by atoms with Crippen LogP contribution in [0.2, 0.25) is 5.02 Å². The van der Waals surface area contributed by atoms with Gasteiger partial charge in [-0.25, -0.2) is 9.69 Å². The molecule has 33 heavy (non-hydrogen) atoms. The maximum Gasteiger partial charge on any atom is 0.329 e. The highest BCUT2D eigenvalue weighted by molar-refractivity contribution is 9.10. The summed E-state index contributed by atoms with van der Waals surface area (Å²) in [6.07, 6.45) is 1.59. The largest absolute Gasteiger partial charge is 0.329 e. The second-order valence-electron chi connectivity index (χ2n) is 7.06. The summed E-state index contributed by atoms with van der Waals surface area (Å²) in [6, 6.07) is 21.5. The Hall–Kier alpha value is -3.07. The van der Waals surface area contributed by atoms with Gasteiger partial charge in [0.05, 0.1) is 0 Å². The van der Waals surface area contributed by atoms with E-state index in [9.17, 15) is 14.4 Å². The Morgan fingerprint density at radius 2 is 1.58 bits per heavy atom. The lowest BCUT2D eigenvalue weighted by atomic mass is 10.2. The van der Waals surface area contributed by atoms with Gasteiger partial charge in [0.1, 0.15) is 12.2 Å². The van der Waals surface area contributed by atoms with Crippen molar-refractivity contribution in [2.75, 3.05) is 11.9 Å². The molecule has 1 aliphatic heterocycles. The lowest BCUT2D eigenvalue weighted by Gasteiger charge is -2.12. The Balaban J connectivity index is 1.39. The third kappa shape index (κ3) is 6.04. The molecule has 3 aromatic carbocycles. The van der Waals surface area contributed by atoms with Crippen molar-refractivity contribution in [1.29, 1.82) is 0 Å². The molecule has 1 fully saturated rings. The molecule has 0 spiro atoms. The van der Waals surface area contributed by atoms with E-state index in [0.717, 1.165) is 24.7 Å². The first-order valence-electron chi connectivity index (χ1n) is 9.81. The predicted molar refractivity (Wildman–Crippen MR) is 133 cm³/mol. The number of rotatable bonds is 6. The quantitative estimate of drug-likeness (QED) is 0.305. The fourth-order valence-corrected chi connectivity index (χ4v) is 4.24. The van der Waals surface area contributed by atoms with Crippen molar-refractivity contribution in [2.45, 2.75) is 9.79 Å². The van der Waals surface area contributed by atoms with E-state index < -0.39 is 17.8 Å². The summed E-state index contributed by atoms with van der Waals surface area (Å²) < 4.78 is 0.876. The molecule has 6 nitrogen and oxygen atoms in total. The number of hydrogen-bond donors (Lipinski definition) is 2. The highest BCUT2D eigenvalue weighted by atomic mass is 79.9. The van der Waals surface area contributed by atoms with Crippen molar-refractivity contribution in [3.63, 3.8) is 0 Å². The van der Waals surface area contributed by atoms with E-state index in [0.29, 0.717) is 10.7 Å². The van der Waals surface area contributed by atoms with Crippen molar-refractivity contribution in [3.05, 3.63) is 93.6 Å². The summed E-state index contributed by atoms with van der Waals surface area (Å²) in [5, 5.41) is 5.89. The van der Waals surface area contributed by atoms with E-state index >= 15 is 0 Å². The van der Waals surface area contributed by atoms with Gasteiger partial charge < -0.3 is 10.6 Å². The monoisotopic (exact) mass is 541 g/mol. The molecule has 0 saturated carbocycles. The fraction of sp³-hybridized carbons (Fsp3) is 0.0417. The van der Waals surface area contributed by atoms with Crippen LogP contribution in [0, 0.1) is 0 Å². The van der Waals surface area contributed by atoms with Crippen molar-refractivity contribution < 1.29 is 14.4 Å². The lowest BCUT2D eigenvalue weighted by Crippen LogP contribution is -2.38. The molecular formula is C24H17BrClN3O3S. The van der Waals surface area contributed by atoms with E-state index in [1.165, 1.54) is 0 Å². The van der Waals surface area contributed by atoms with Crippen LogP contribution in [0.4, 0.5) is 10.5 Å². The number of anilines is 1. The van der Waals surface area contributed by atoms with Gasteiger partial charge in [0.25, 0.3) is 5.91 Å². The van der Waals surface area contributed by atoms with Gasteiger partial charge in [-0.3, -0.25) is 9.59 Å². The number of halogens is 2. The molecule has 9 heteroatoms. The van der Waals surface area contributed by atoms with Crippen LogP contribution in [0.25, 0.3) is 6.08 Å². The zero-order valence-corrected chi connectivity index (χ0v) is 20.2. The molecule has 1 saturated heterocycles. The van der Waals surface area contributed by atoms with Crippen molar-refractivity contribution in [1.82, 2.24) is 10.2 Å². The molecule has 4 amide bonds. The Morgan fingerprint density at radius 1 is 0.970 bits per heavy atom. The number of nitrogens with one attached hydrogen (secondary N) is 2. The second-order valence-corrected chi connectivity index (χ2v) is 9.56. The molecule has 0 radical (unpaired) electrons. The van der Waals surface area contributed by atoms with E-state index in [2.05, 4.69) is 26.6 Å². The molecule has 0 bridgehead atoms. The molecule has 2 N–H and O–H groups in total. The van der Waals surface area contributed by atoms with Gasteiger partial charge >= 0.3 is 6.03 Å². The standard InChI is InChI=1S/C24H17BrClN3O3S/c25-16-3-7-18(8-4-16)27-22(30)14-29-23(31)21(28-24(29)32)13-15-1-9-19(10-2-15)33-20-11-5-17(26)6-12-20/h1-13H,14H2,(H,27,30)(H,28,32)/b21-13-. The molecule has 4 rings (SSSR count). The number of amides is 4. The summed E-state index contributed by atoms with van der Waals surface area (Å²) in [5.41, 5.74) is 1.44. The Kier molecular flexibility index (Phi) is 7.17. The minimum Gasteiger partial charge on any atom is -0.325 e. The summed E-state index contributed by atoms with van der Waals surface area (Å²) in [4.78, 5) is 40.2. The maximum atomic E-state index is 12.7. The van der Waals surface area contributed by atoms with Gasteiger partial charge in [0, 0.05) is 25.0 Å². The number of carbonyl (C=O) groups is 3. The molecule has 3 aromatic rings. The lowest BCUT2D eigenvalue weighted by molar-refractivity contribution is -0.127. The number of imide groups is 1. The van der Waals surface area contributed by atoms with Crippen LogP contribution in [0.15, 0.2) is 92.8 Å². The maximum absolute atomic E-state index is 12.7. The van der Waals surface area contributed by atoms with E-state index in [1.807, 2.05) is 48.5 Å². The Bertz CT molecular complexity index is 1230. The molecule has 1 aliphatic rings. The number of hydrogen-bond acceptors (Lipinski definition) is 4. The topological polar surface area (TPSA) is 78.5 Å². The van der Waals surface area contributed by atoms with E-state index in [1.54, 1.807) is 42.1 Å². The zero-order chi connectivity index (χ0) is 23.4. The van der Waals surface area contributed by atoms with Crippen LogP contribution in [-0.2, 0) is 9.59 Å². The minimum absolute atomic E-state index is 0.120. The van der Waals surface area contributed by atoms with Crippen molar-refractivity contribution >= 4 is 68.9 Å². The molecule has 166 valence electrons.